The van der Waals surface area contributed by atoms with Gasteiger partial charge in [0.1, 0.15) is 11.6 Å². The van der Waals surface area contributed by atoms with Gasteiger partial charge in [0.25, 0.3) is 0 Å². The molecule has 0 unspecified atom stereocenters. The molecule has 0 atom stereocenters. The van der Waals surface area contributed by atoms with E-state index >= 15 is 0 Å². The molecular formula is C21H16F4N2O2. The maximum Gasteiger partial charge on any atom is 0.416 e. The van der Waals surface area contributed by atoms with Crippen molar-refractivity contribution in [2.75, 3.05) is 0 Å². The van der Waals surface area contributed by atoms with E-state index in [9.17, 15) is 22.7 Å². The Kier molecular flexibility index (Phi) is 5.19. The summed E-state index contributed by atoms with van der Waals surface area (Å²) in [6.45, 7) is 1.70. The lowest BCUT2D eigenvalue weighted by molar-refractivity contribution is -0.137. The highest BCUT2D eigenvalue weighted by Crippen LogP contribution is 2.42. The van der Waals surface area contributed by atoms with Gasteiger partial charge in [-0.25, -0.2) is 4.39 Å². The van der Waals surface area contributed by atoms with E-state index in [1.165, 1.54) is 42.5 Å². The minimum absolute atomic E-state index is 0.00315. The summed E-state index contributed by atoms with van der Waals surface area (Å²) in [5, 5.41) is 21.5. The van der Waals surface area contributed by atoms with Gasteiger partial charge in [0.15, 0.2) is 5.84 Å². The van der Waals surface area contributed by atoms with Gasteiger partial charge in [0, 0.05) is 16.7 Å². The number of benzene rings is 3. The Morgan fingerprint density at radius 2 is 1.62 bits per heavy atom. The van der Waals surface area contributed by atoms with Crippen molar-refractivity contribution in [2.45, 2.75) is 13.1 Å². The summed E-state index contributed by atoms with van der Waals surface area (Å²) in [7, 11) is 0. The average molecular weight is 404 g/mol. The van der Waals surface area contributed by atoms with Crippen LogP contribution in [-0.4, -0.2) is 16.1 Å². The zero-order chi connectivity index (χ0) is 21.3. The Bertz CT molecular complexity index is 1090. The standard InChI is InChI=1S/C21H16F4N2O2/c1-11-2-7-18(22)16(8-11)19-15(12-3-5-14(28)6-4-12)9-13(21(23,24)25)10-17(19)20(26)27-29/h2-10,28-29H,1H3,(H2,26,27). The number of phenolic OH excluding ortho intramolecular Hbond substituents is 1. The number of halogens is 4. The minimum Gasteiger partial charge on any atom is -0.508 e. The third-order valence-electron chi connectivity index (χ3n) is 4.42. The quantitative estimate of drug-likeness (QED) is 0.183. The number of oxime groups is 1. The number of hydrogen-bond acceptors (Lipinski definition) is 3. The van der Waals surface area contributed by atoms with E-state index in [1.54, 1.807) is 6.92 Å². The van der Waals surface area contributed by atoms with Gasteiger partial charge >= 0.3 is 6.18 Å². The molecular weight excluding hydrogens is 388 g/mol. The molecule has 3 aromatic rings. The van der Waals surface area contributed by atoms with Crippen LogP contribution in [0, 0.1) is 12.7 Å². The van der Waals surface area contributed by atoms with Crippen molar-refractivity contribution >= 4 is 5.84 Å². The second-order valence-corrected chi connectivity index (χ2v) is 6.46. The summed E-state index contributed by atoms with van der Waals surface area (Å²) >= 11 is 0. The Morgan fingerprint density at radius 3 is 2.21 bits per heavy atom. The van der Waals surface area contributed by atoms with E-state index in [2.05, 4.69) is 5.16 Å². The van der Waals surface area contributed by atoms with E-state index in [0.717, 1.165) is 12.1 Å². The molecule has 4 nitrogen and oxygen atoms in total. The summed E-state index contributed by atoms with van der Waals surface area (Å²) in [5.41, 5.74) is 5.39. The second kappa shape index (κ2) is 7.46. The molecule has 0 saturated carbocycles. The Morgan fingerprint density at radius 1 is 0.966 bits per heavy atom. The van der Waals surface area contributed by atoms with Crippen LogP contribution in [0.2, 0.25) is 0 Å². The minimum atomic E-state index is -4.72. The molecule has 0 radical (unpaired) electrons. The van der Waals surface area contributed by atoms with E-state index in [4.69, 9.17) is 10.9 Å². The fourth-order valence-electron chi connectivity index (χ4n) is 3.05. The number of rotatable bonds is 3. The predicted molar refractivity (Wildman–Crippen MR) is 101 cm³/mol. The zero-order valence-electron chi connectivity index (χ0n) is 15.1. The summed E-state index contributed by atoms with van der Waals surface area (Å²) in [4.78, 5) is 0. The van der Waals surface area contributed by atoms with Gasteiger partial charge in [0.05, 0.1) is 5.56 Å². The highest BCUT2D eigenvalue weighted by atomic mass is 19.4. The number of phenols is 1. The number of aryl methyl sites for hydroxylation is 1. The molecule has 8 heteroatoms. The molecule has 0 aliphatic heterocycles. The number of nitrogens with zero attached hydrogens (tertiary/aromatic N) is 1. The number of aromatic hydroxyl groups is 1. The van der Waals surface area contributed by atoms with Crippen LogP contribution < -0.4 is 5.73 Å². The second-order valence-electron chi connectivity index (χ2n) is 6.46. The number of hydrogen-bond donors (Lipinski definition) is 3. The van der Waals surface area contributed by atoms with Crippen molar-refractivity contribution in [3.05, 3.63) is 77.1 Å². The summed E-state index contributed by atoms with van der Waals surface area (Å²) < 4.78 is 55.2. The van der Waals surface area contributed by atoms with Crippen LogP contribution in [0.4, 0.5) is 17.6 Å². The molecule has 0 spiro atoms. The molecule has 0 fully saturated rings. The van der Waals surface area contributed by atoms with Crippen LogP contribution in [0.5, 0.6) is 5.75 Å². The smallest absolute Gasteiger partial charge is 0.416 e. The van der Waals surface area contributed by atoms with Gasteiger partial charge in [-0.2, -0.15) is 13.2 Å². The molecule has 0 aliphatic rings. The zero-order valence-corrected chi connectivity index (χ0v) is 15.1. The van der Waals surface area contributed by atoms with E-state index in [1.807, 2.05) is 0 Å². The number of nitrogens with two attached hydrogens (primary N) is 1. The third-order valence-corrected chi connectivity index (χ3v) is 4.42. The van der Waals surface area contributed by atoms with Crippen molar-refractivity contribution in [3.8, 4) is 28.0 Å². The van der Waals surface area contributed by atoms with Crippen molar-refractivity contribution < 1.29 is 27.9 Å². The van der Waals surface area contributed by atoms with Crippen molar-refractivity contribution in [3.63, 3.8) is 0 Å². The lowest BCUT2D eigenvalue weighted by atomic mass is 9.87. The molecule has 0 saturated heterocycles. The van der Waals surface area contributed by atoms with E-state index in [0.29, 0.717) is 5.56 Å². The monoisotopic (exact) mass is 404 g/mol. The maximum absolute atomic E-state index is 14.7. The summed E-state index contributed by atoms with van der Waals surface area (Å²) in [6, 6.07) is 11.2. The molecule has 4 N–H and O–H groups in total. The molecule has 3 aromatic carbocycles. The Hall–Kier alpha value is -3.55. The Balaban J connectivity index is 2.49. The van der Waals surface area contributed by atoms with Crippen LogP contribution in [0.1, 0.15) is 16.7 Å². The first-order valence-electron chi connectivity index (χ1n) is 8.41. The van der Waals surface area contributed by atoms with Crippen LogP contribution in [0.3, 0.4) is 0 Å². The van der Waals surface area contributed by atoms with Gasteiger partial charge in [-0.3, -0.25) is 0 Å². The first kappa shape index (κ1) is 20.2. The first-order chi connectivity index (χ1) is 13.6. The van der Waals surface area contributed by atoms with Gasteiger partial charge in [-0.1, -0.05) is 28.9 Å². The molecule has 0 heterocycles. The van der Waals surface area contributed by atoms with Crippen LogP contribution >= 0.6 is 0 Å². The van der Waals surface area contributed by atoms with Gasteiger partial charge in [-0.05, 0) is 54.4 Å². The van der Waals surface area contributed by atoms with Gasteiger partial charge < -0.3 is 16.0 Å². The lowest BCUT2D eigenvalue weighted by Crippen LogP contribution is -2.17. The molecule has 0 bridgehead atoms. The Labute approximate surface area is 163 Å². The van der Waals surface area contributed by atoms with Crippen LogP contribution in [-0.2, 0) is 6.18 Å². The summed E-state index contributed by atoms with van der Waals surface area (Å²) in [6.07, 6.45) is -4.72. The predicted octanol–water partition coefficient (Wildman–Crippen LogP) is 5.29. The topological polar surface area (TPSA) is 78.8 Å². The average Bonchev–Trinajstić information content (AvgIpc) is 2.68. The number of amidine groups is 1. The molecule has 29 heavy (non-hydrogen) atoms. The molecule has 3 rings (SSSR count). The highest BCUT2D eigenvalue weighted by Gasteiger charge is 2.33. The fraction of sp³-hybridized carbons (Fsp3) is 0.0952. The molecule has 0 amide bonds. The van der Waals surface area contributed by atoms with Crippen molar-refractivity contribution in [1.29, 1.82) is 0 Å². The lowest BCUT2D eigenvalue weighted by Gasteiger charge is -2.19. The fourth-order valence-corrected chi connectivity index (χ4v) is 3.05. The van der Waals surface area contributed by atoms with Crippen molar-refractivity contribution in [2.24, 2.45) is 10.9 Å². The van der Waals surface area contributed by atoms with Crippen LogP contribution in [0.25, 0.3) is 22.3 Å². The van der Waals surface area contributed by atoms with E-state index < -0.39 is 23.4 Å². The van der Waals surface area contributed by atoms with Gasteiger partial charge in [0.2, 0.25) is 0 Å². The maximum atomic E-state index is 14.7. The highest BCUT2D eigenvalue weighted by molar-refractivity contribution is 6.07. The number of alkyl halides is 3. The van der Waals surface area contributed by atoms with Gasteiger partial charge in [-0.15, -0.1) is 0 Å². The molecule has 0 aliphatic carbocycles. The molecule has 150 valence electrons. The summed E-state index contributed by atoms with van der Waals surface area (Å²) in [5.74, 6) is -1.35. The SMILES string of the molecule is Cc1ccc(F)c(-c2c(/C(N)=N/O)cc(C(F)(F)F)cc2-c2ccc(O)cc2)c1. The van der Waals surface area contributed by atoms with E-state index in [-0.39, 0.29) is 33.6 Å². The third kappa shape index (κ3) is 4.01. The van der Waals surface area contributed by atoms with Crippen molar-refractivity contribution in [1.82, 2.24) is 0 Å². The first-order valence-corrected chi connectivity index (χ1v) is 8.41. The van der Waals surface area contributed by atoms with Crippen LogP contribution in [0.15, 0.2) is 59.8 Å². The largest absolute Gasteiger partial charge is 0.508 e. The molecule has 0 aromatic heterocycles. The normalized spacial score (nSPS) is 12.2.